The second-order valence-electron chi connectivity index (χ2n) is 3.25. The predicted octanol–water partition coefficient (Wildman–Crippen LogP) is 0.950. The number of nitrogen functional groups attached to an aromatic ring is 1. The highest BCUT2D eigenvalue weighted by Crippen LogP contribution is 2.25. The molecule has 1 rings (SSSR count). The molecule has 4 N–H and O–H groups in total. The van der Waals surface area contributed by atoms with Crippen molar-refractivity contribution in [2.75, 3.05) is 17.1 Å². The number of ether oxygens (including phenoxy) is 1. The van der Waals surface area contributed by atoms with E-state index in [0.717, 1.165) is 12.1 Å². The van der Waals surface area contributed by atoms with E-state index in [0.29, 0.717) is 0 Å². The van der Waals surface area contributed by atoms with E-state index in [2.05, 4.69) is 4.74 Å². The van der Waals surface area contributed by atoms with Crippen LogP contribution < -0.4 is 15.2 Å². The third kappa shape index (κ3) is 3.95. The van der Waals surface area contributed by atoms with Crippen LogP contribution in [-0.2, 0) is 14.9 Å². The fourth-order valence-electron chi connectivity index (χ4n) is 1.10. The van der Waals surface area contributed by atoms with Gasteiger partial charge in [0.2, 0.25) is 0 Å². The van der Waals surface area contributed by atoms with Crippen molar-refractivity contribution in [3.05, 3.63) is 23.8 Å². The first kappa shape index (κ1) is 15.0. The van der Waals surface area contributed by atoms with Gasteiger partial charge in [0.1, 0.15) is 5.69 Å². The van der Waals surface area contributed by atoms with Gasteiger partial charge in [-0.2, -0.15) is 8.42 Å². The van der Waals surface area contributed by atoms with Crippen LogP contribution in [0.2, 0.25) is 0 Å². The molecule has 1 aromatic carbocycles. The lowest BCUT2D eigenvalue weighted by atomic mass is 10.2. The van der Waals surface area contributed by atoms with E-state index in [9.17, 15) is 22.0 Å². The lowest BCUT2D eigenvalue weighted by Gasteiger charge is -2.12. The lowest BCUT2D eigenvalue weighted by Crippen LogP contribution is -2.36. The van der Waals surface area contributed by atoms with Crippen molar-refractivity contribution in [3.8, 4) is 0 Å². The Labute approximate surface area is 107 Å². The van der Waals surface area contributed by atoms with Crippen LogP contribution >= 0.6 is 0 Å². The van der Waals surface area contributed by atoms with Crippen LogP contribution in [0.15, 0.2) is 12.1 Å². The number of carbonyl (C=O) groups is 1. The number of nitrogens with one attached hydrogen (secondary N) is 2. The number of anilines is 2. The van der Waals surface area contributed by atoms with E-state index in [4.69, 9.17) is 5.73 Å². The van der Waals surface area contributed by atoms with Crippen LogP contribution in [-0.4, -0.2) is 21.1 Å². The highest BCUT2D eigenvalue weighted by Gasteiger charge is 2.20. The summed E-state index contributed by atoms with van der Waals surface area (Å²) < 4.78 is 56.5. The Morgan fingerprint density at radius 3 is 2.63 bits per heavy atom. The molecule has 19 heavy (non-hydrogen) atoms. The van der Waals surface area contributed by atoms with E-state index in [1.165, 1.54) is 11.6 Å². The maximum Gasteiger partial charge on any atom is 0.422 e. The van der Waals surface area contributed by atoms with Gasteiger partial charge in [0.05, 0.1) is 12.3 Å². The van der Waals surface area contributed by atoms with Gasteiger partial charge in [-0.15, -0.1) is 0 Å². The number of halogens is 2. The maximum absolute atomic E-state index is 13.4. The molecule has 0 aliphatic rings. The molecule has 10 heteroatoms. The summed E-state index contributed by atoms with van der Waals surface area (Å²) in [6.45, 7) is 1.40. The number of nitrogens with two attached hydrogens (primary N) is 1. The molecule has 0 bridgehead atoms. The summed E-state index contributed by atoms with van der Waals surface area (Å²) in [6, 6.07) is 1.71. The minimum atomic E-state index is -4.48. The molecule has 0 aromatic heterocycles. The average Bonchev–Trinajstić information content (AvgIpc) is 2.29. The molecule has 1 aromatic rings. The number of carbonyl (C=O) groups excluding carboxylic acids is 1. The molecule has 1 amide bonds. The number of amides is 1. The van der Waals surface area contributed by atoms with Gasteiger partial charge in [0.25, 0.3) is 0 Å². The van der Waals surface area contributed by atoms with E-state index >= 15 is 0 Å². The van der Waals surface area contributed by atoms with Crippen molar-refractivity contribution >= 4 is 27.7 Å². The largest absolute Gasteiger partial charge is 0.449 e. The summed E-state index contributed by atoms with van der Waals surface area (Å²) >= 11 is 0. The molecule has 106 valence electrons. The van der Waals surface area contributed by atoms with Gasteiger partial charge in [-0.3, -0.25) is 4.72 Å². The van der Waals surface area contributed by atoms with Gasteiger partial charge in [-0.1, -0.05) is 0 Å². The molecule has 0 atom stereocenters. The second kappa shape index (κ2) is 5.69. The predicted molar refractivity (Wildman–Crippen MR) is 63.5 cm³/mol. The second-order valence-corrected chi connectivity index (χ2v) is 4.67. The Morgan fingerprint density at radius 2 is 2.05 bits per heavy atom. The number of benzene rings is 1. The zero-order valence-corrected chi connectivity index (χ0v) is 10.6. The van der Waals surface area contributed by atoms with Crippen molar-refractivity contribution < 1.29 is 26.7 Å². The molecule has 0 heterocycles. The molecular weight excluding hydrogens is 284 g/mol. The molecule has 0 saturated carbocycles. The van der Waals surface area contributed by atoms with Crippen molar-refractivity contribution in [2.45, 2.75) is 6.92 Å². The molecule has 0 aliphatic carbocycles. The topological polar surface area (TPSA) is 111 Å². The Morgan fingerprint density at radius 1 is 1.42 bits per heavy atom. The van der Waals surface area contributed by atoms with Crippen LogP contribution in [0.4, 0.5) is 25.0 Å². The van der Waals surface area contributed by atoms with Crippen LogP contribution in [0.25, 0.3) is 0 Å². The fraction of sp³-hybridized carbons (Fsp3) is 0.222. The van der Waals surface area contributed by atoms with Crippen molar-refractivity contribution in [1.29, 1.82) is 0 Å². The zero-order chi connectivity index (χ0) is 14.6. The van der Waals surface area contributed by atoms with E-state index in [-0.39, 0.29) is 12.3 Å². The number of hydrogen-bond acceptors (Lipinski definition) is 5. The Bertz CT molecular complexity index is 591. The van der Waals surface area contributed by atoms with Crippen molar-refractivity contribution in [1.82, 2.24) is 4.72 Å². The molecule has 0 saturated heterocycles. The fourth-order valence-corrected chi connectivity index (χ4v) is 1.91. The van der Waals surface area contributed by atoms with Crippen molar-refractivity contribution in [3.63, 3.8) is 0 Å². The highest BCUT2D eigenvalue weighted by atomic mass is 32.2. The van der Waals surface area contributed by atoms with E-state index in [1.807, 2.05) is 0 Å². The number of hydrogen-bond donors (Lipinski definition) is 3. The molecule has 0 unspecified atom stereocenters. The zero-order valence-electron chi connectivity index (χ0n) is 9.74. The van der Waals surface area contributed by atoms with Crippen LogP contribution in [0.5, 0.6) is 0 Å². The van der Waals surface area contributed by atoms with E-state index in [1.54, 1.807) is 4.72 Å². The standard InChI is InChI=1S/C9H11F2N3O4S/c1-2-18-9(15)14-19(16,17)13-8-6(12)4-3-5(10)7(8)11/h3-4,13H,2,12H2,1H3,(H,14,15). The van der Waals surface area contributed by atoms with Gasteiger partial charge < -0.3 is 10.5 Å². The summed E-state index contributed by atoms with van der Waals surface area (Å²) in [7, 11) is -4.48. The minimum absolute atomic E-state index is 0.0577. The highest BCUT2D eigenvalue weighted by molar-refractivity contribution is 7.91. The molecule has 0 radical (unpaired) electrons. The monoisotopic (exact) mass is 295 g/mol. The first-order valence-electron chi connectivity index (χ1n) is 4.97. The van der Waals surface area contributed by atoms with Gasteiger partial charge >= 0.3 is 16.3 Å². The smallest absolute Gasteiger partial charge is 0.422 e. The Balaban J connectivity index is 2.96. The minimum Gasteiger partial charge on any atom is -0.449 e. The lowest BCUT2D eigenvalue weighted by molar-refractivity contribution is 0.159. The molecule has 0 spiro atoms. The normalized spacial score (nSPS) is 10.9. The van der Waals surface area contributed by atoms with Gasteiger partial charge in [0.15, 0.2) is 11.6 Å². The van der Waals surface area contributed by atoms with Gasteiger partial charge in [0, 0.05) is 0 Å². The summed E-state index contributed by atoms with van der Waals surface area (Å²) in [5.41, 5.74) is 4.18. The molecule has 0 fully saturated rings. The quantitative estimate of drug-likeness (QED) is 0.716. The van der Waals surface area contributed by atoms with Crippen LogP contribution in [0, 0.1) is 11.6 Å². The summed E-state index contributed by atoms with van der Waals surface area (Å²) in [5, 5.41) is 0. The molecular formula is C9H11F2N3O4S. The first-order chi connectivity index (χ1) is 8.76. The summed E-state index contributed by atoms with van der Waals surface area (Å²) in [5.74, 6) is -2.77. The summed E-state index contributed by atoms with van der Waals surface area (Å²) in [4.78, 5) is 10.9. The average molecular weight is 295 g/mol. The molecule has 7 nitrogen and oxygen atoms in total. The van der Waals surface area contributed by atoms with Crippen molar-refractivity contribution in [2.24, 2.45) is 0 Å². The maximum atomic E-state index is 13.4. The van der Waals surface area contributed by atoms with E-state index < -0.39 is 33.6 Å². The summed E-state index contributed by atoms with van der Waals surface area (Å²) in [6.07, 6.45) is -1.26. The Kier molecular flexibility index (Phi) is 4.48. The Hall–Kier alpha value is -2.10. The first-order valence-corrected chi connectivity index (χ1v) is 6.46. The van der Waals surface area contributed by atoms with Crippen LogP contribution in [0.1, 0.15) is 6.92 Å². The third-order valence-electron chi connectivity index (χ3n) is 1.86. The SMILES string of the molecule is CCOC(=O)NS(=O)(=O)Nc1c(N)ccc(F)c1F. The molecule has 0 aliphatic heterocycles. The van der Waals surface area contributed by atoms with Crippen LogP contribution in [0.3, 0.4) is 0 Å². The van der Waals surface area contributed by atoms with Gasteiger partial charge in [-0.25, -0.2) is 18.3 Å². The van der Waals surface area contributed by atoms with Gasteiger partial charge in [-0.05, 0) is 19.1 Å². The number of rotatable bonds is 4. The third-order valence-corrected chi connectivity index (χ3v) is 2.76.